The minimum atomic E-state index is -0.183. The summed E-state index contributed by atoms with van der Waals surface area (Å²) in [7, 11) is 0. The maximum absolute atomic E-state index is 12.7. The zero-order valence-electron chi connectivity index (χ0n) is 23.1. The van der Waals surface area contributed by atoms with Crippen LogP contribution in [0.1, 0.15) is 88.0 Å². The maximum Gasteiger partial charge on any atom is 0.163 e. The lowest BCUT2D eigenvalue weighted by Gasteiger charge is -2.23. The molecule has 0 bridgehead atoms. The molecule has 0 aromatic heterocycles. The second-order valence-corrected chi connectivity index (χ2v) is 10.3. The Bertz CT molecular complexity index is 1140. The van der Waals surface area contributed by atoms with Crippen molar-refractivity contribution in [1.29, 1.82) is 0 Å². The van der Waals surface area contributed by atoms with Gasteiger partial charge in [0.1, 0.15) is 0 Å². The number of benzene rings is 2. The van der Waals surface area contributed by atoms with E-state index in [1.54, 1.807) is 6.08 Å². The number of carbonyl (C=O) groups is 1. The fraction of sp³-hybridized carbons (Fsp3) is 0.400. The highest BCUT2D eigenvalue weighted by Gasteiger charge is 2.25. The van der Waals surface area contributed by atoms with E-state index in [9.17, 15) is 4.79 Å². The third-order valence-electron chi connectivity index (χ3n) is 7.58. The fourth-order valence-electron chi connectivity index (χ4n) is 5.35. The molecule has 192 valence electrons. The molecular weight excluding hydrogens is 436 g/mol. The van der Waals surface area contributed by atoms with Gasteiger partial charge in [0.05, 0.1) is 5.92 Å². The van der Waals surface area contributed by atoms with Crippen LogP contribution in [-0.4, -0.2) is 5.78 Å². The van der Waals surface area contributed by atoms with Gasteiger partial charge in [-0.2, -0.15) is 0 Å². The van der Waals surface area contributed by atoms with Gasteiger partial charge >= 0.3 is 0 Å². The van der Waals surface area contributed by atoms with Crippen LogP contribution in [-0.2, 0) is 17.6 Å². The van der Waals surface area contributed by atoms with Crippen molar-refractivity contribution in [1.82, 2.24) is 0 Å². The van der Waals surface area contributed by atoms with Crippen LogP contribution in [0.5, 0.6) is 0 Å². The van der Waals surface area contributed by atoms with Crippen molar-refractivity contribution in [2.75, 3.05) is 0 Å². The molecule has 2 aromatic rings. The van der Waals surface area contributed by atoms with E-state index < -0.39 is 0 Å². The van der Waals surface area contributed by atoms with Crippen LogP contribution >= 0.6 is 0 Å². The van der Waals surface area contributed by atoms with Crippen LogP contribution < -0.4 is 0 Å². The number of allylic oxidation sites excluding steroid dienone is 7. The number of aryl methyl sites for hydroxylation is 2. The summed E-state index contributed by atoms with van der Waals surface area (Å²) in [5, 5.41) is 0. The Hall–Kier alpha value is -2.93. The van der Waals surface area contributed by atoms with Crippen LogP contribution in [0, 0.1) is 19.8 Å². The third kappa shape index (κ3) is 7.29. The number of hydrogen-bond donors (Lipinski definition) is 0. The molecular formula is C35H46O. The topological polar surface area (TPSA) is 17.1 Å². The van der Waals surface area contributed by atoms with E-state index in [1.807, 2.05) is 19.9 Å². The molecule has 1 unspecified atom stereocenters. The summed E-state index contributed by atoms with van der Waals surface area (Å²) in [6, 6.07) is 15.7. The van der Waals surface area contributed by atoms with E-state index in [0.717, 1.165) is 23.5 Å². The highest BCUT2D eigenvalue weighted by atomic mass is 16.1. The lowest BCUT2D eigenvalue weighted by molar-refractivity contribution is -0.117. The van der Waals surface area contributed by atoms with E-state index in [0.29, 0.717) is 6.42 Å². The van der Waals surface area contributed by atoms with Gasteiger partial charge in [0.15, 0.2) is 5.78 Å². The van der Waals surface area contributed by atoms with Crippen molar-refractivity contribution < 1.29 is 6.22 Å². The first-order valence-corrected chi connectivity index (χ1v) is 13.8. The predicted octanol–water partition coefficient (Wildman–Crippen LogP) is 9.59. The lowest BCUT2D eigenvalue weighted by atomic mass is 9.80. The summed E-state index contributed by atoms with van der Waals surface area (Å²) in [6.07, 6.45) is 16.5. The molecule has 0 saturated heterocycles. The minimum Gasteiger partial charge on any atom is -0.294 e. The molecule has 0 amide bonds. The molecule has 0 aliphatic heterocycles. The lowest BCUT2D eigenvalue weighted by Crippen LogP contribution is -2.21. The molecule has 1 heteroatoms. The fourth-order valence-corrected chi connectivity index (χ4v) is 5.35. The van der Waals surface area contributed by atoms with E-state index in [1.165, 1.54) is 65.5 Å². The zero-order valence-corrected chi connectivity index (χ0v) is 23.1. The van der Waals surface area contributed by atoms with Crippen molar-refractivity contribution in [2.45, 2.75) is 85.5 Å². The van der Waals surface area contributed by atoms with Gasteiger partial charge in [-0.25, -0.2) is 0 Å². The van der Waals surface area contributed by atoms with Crippen LogP contribution in [0.25, 0.3) is 0 Å². The SMILES string of the molecule is C=C1/C(=C\C=C(/C)Cc2ccc(C3CCCCC3)cc2)C=CC(=O)C1Cc1cc(C)ccc1C.CC.[HH]. The molecule has 0 radical (unpaired) electrons. The van der Waals surface area contributed by atoms with Crippen LogP contribution in [0.4, 0.5) is 0 Å². The standard InChI is InChI=1S/C33H38O.C2H6.H2/c1-23(20-27-13-16-30(17-14-27)29-8-6-5-7-9-29)11-15-28-18-19-33(34)32(26(28)4)22-31-21-24(2)10-12-25(31)3;1-2;/h10-19,21,29,32H,4-9,20,22H2,1-3H3;1-2H3;1H/b23-11+,28-15-;;. The largest absolute Gasteiger partial charge is 0.294 e. The summed E-state index contributed by atoms with van der Waals surface area (Å²) >= 11 is 0. The van der Waals surface area contributed by atoms with Gasteiger partial charge in [-0.3, -0.25) is 4.79 Å². The van der Waals surface area contributed by atoms with E-state index in [4.69, 9.17) is 0 Å². The second kappa shape index (κ2) is 13.4. The molecule has 0 N–H and O–H groups in total. The molecule has 1 atom stereocenters. The molecule has 0 heterocycles. The van der Waals surface area contributed by atoms with Crippen LogP contribution in [0.15, 0.2) is 90.1 Å². The molecule has 2 aromatic carbocycles. The number of ketones is 1. The normalized spacial score (nSPS) is 19.9. The Kier molecular flexibility index (Phi) is 10.3. The highest BCUT2D eigenvalue weighted by molar-refractivity contribution is 5.97. The first-order chi connectivity index (χ1) is 17.4. The van der Waals surface area contributed by atoms with Crippen molar-refractivity contribution in [2.24, 2.45) is 5.92 Å². The average Bonchev–Trinajstić information content (AvgIpc) is 2.90. The number of hydrogen-bond acceptors (Lipinski definition) is 1. The number of carbonyl (C=O) groups excluding carboxylic acids is 1. The molecule has 1 saturated carbocycles. The smallest absolute Gasteiger partial charge is 0.163 e. The predicted molar refractivity (Wildman–Crippen MR) is 158 cm³/mol. The molecule has 4 rings (SSSR count). The maximum atomic E-state index is 12.7. The van der Waals surface area contributed by atoms with Crippen LogP contribution in [0.3, 0.4) is 0 Å². The highest BCUT2D eigenvalue weighted by Crippen LogP contribution is 2.33. The Balaban J connectivity index is 0.00000157. The summed E-state index contributed by atoms with van der Waals surface area (Å²) in [4.78, 5) is 12.7. The first kappa shape index (κ1) is 27.7. The molecule has 2 aliphatic rings. The Morgan fingerprint density at radius 3 is 2.39 bits per heavy atom. The van der Waals surface area contributed by atoms with Crippen molar-refractivity contribution in [3.05, 3.63) is 118 Å². The van der Waals surface area contributed by atoms with Gasteiger partial charge in [0.25, 0.3) is 0 Å². The van der Waals surface area contributed by atoms with Gasteiger partial charge in [-0.05, 0) is 91.8 Å². The third-order valence-corrected chi connectivity index (χ3v) is 7.58. The Morgan fingerprint density at radius 2 is 1.69 bits per heavy atom. The monoisotopic (exact) mass is 482 g/mol. The van der Waals surface area contributed by atoms with Gasteiger partial charge < -0.3 is 0 Å². The van der Waals surface area contributed by atoms with Gasteiger partial charge in [0.2, 0.25) is 0 Å². The second-order valence-electron chi connectivity index (χ2n) is 10.3. The quantitative estimate of drug-likeness (QED) is 0.400. The van der Waals surface area contributed by atoms with Crippen molar-refractivity contribution >= 4 is 5.78 Å². The molecule has 36 heavy (non-hydrogen) atoms. The van der Waals surface area contributed by atoms with Gasteiger partial charge in [-0.1, -0.05) is 112 Å². The number of rotatable bonds is 6. The average molecular weight is 483 g/mol. The first-order valence-electron chi connectivity index (χ1n) is 13.8. The summed E-state index contributed by atoms with van der Waals surface area (Å²) in [5.74, 6) is 0.729. The Morgan fingerprint density at radius 1 is 1.00 bits per heavy atom. The summed E-state index contributed by atoms with van der Waals surface area (Å²) in [5.41, 5.74) is 9.85. The van der Waals surface area contributed by atoms with E-state index >= 15 is 0 Å². The van der Waals surface area contributed by atoms with Crippen LogP contribution in [0.2, 0.25) is 0 Å². The molecule has 1 nitrogen and oxygen atoms in total. The summed E-state index contributed by atoms with van der Waals surface area (Å²) < 4.78 is 0. The van der Waals surface area contributed by atoms with Gasteiger partial charge in [0, 0.05) is 1.43 Å². The minimum absolute atomic E-state index is 0. The Labute approximate surface area is 221 Å². The molecule has 1 fully saturated rings. The van der Waals surface area contributed by atoms with Crippen molar-refractivity contribution in [3.8, 4) is 0 Å². The molecule has 2 aliphatic carbocycles. The molecule has 0 spiro atoms. The van der Waals surface area contributed by atoms with E-state index in [2.05, 4.69) is 82.0 Å². The van der Waals surface area contributed by atoms with E-state index in [-0.39, 0.29) is 13.1 Å². The van der Waals surface area contributed by atoms with Gasteiger partial charge in [-0.15, -0.1) is 0 Å². The zero-order chi connectivity index (χ0) is 26.1. The van der Waals surface area contributed by atoms with Crippen molar-refractivity contribution in [3.63, 3.8) is 0 Å². The summed E-state index contributed by atoms with van der Waals surface area (Å²) in [6.45, 7) is 14.7.